The van der Waals surface area contributed by atoms with Crippen molar-refractivity contribution in [2.75, 3.05) is 13.2 Å². The summed E-state index contributed by atoms with van der Waals surface area (Å²) in [6, 6.07) is 16.3. The Balaban J connectivity index is 1.18. The van der Waals surface area contributed by atoms with E-state index in [1.807, 2.05) is 24.3 Å². The van der Waals surface area contributed by atoms with Gasteiger partial charge in [0.2, 0.25) is 0 Å². The van der Waals surface area contributed by atoms with E-state index in [1.54, 1.807) is 12.3 Å². The number of nitrogens with zero attached hydrogens (tertiary/aromatic N) is 2. The van der Waals surface area contributed by atoms with Crippen molar-refractivity contribution in [3.05, 3.63) is 75.7 Å². The highest BCUT2D eigenvalue weighted by molar-refractivity contribution is 7.09. The van der Waals surface area contributed by atoms with Crippen LogP contribution in [0, 0.1) is 0 Å². The Morgan fingerprint density at radius 3 is 2.46 bits per heavy atom. The summed E-state index contributed by atoms with van der Waals surface area (Å²) in [7, 11) is 0. The monoisotopic (exact) mass is 491 g/mol. The highest BCUT2D eigenvalue weighted by atomic mass is 32.1. The van der Waals surface area contributed by atoms with Crippen LogP contribution < -0.4 is 5.32 Å². The zero-order chi connectivity index (χ0) is 24.6. The second-order valence-corrected chi connectivity index (χ2v) is 9.89. The number of hydrogen-bond acceptors (Lipinski definition) is 6. The molecule has 2 heterocycles. The Kier molecular flexibility index (Phi) is 6.02. The first-order valence-corrected chi connectivity index (χ1v) is 12.3. The highest BCUT2D eigenvalue weighted by Crippen LogP contribution is 2.44. The molecule has 1 saturated heterocycles. The summed E-state index contributed by atoms with van der Waals surface area (Å²) in [5.74, 6) is -1.45. The number of alkyl carbamates (subject to hydrolysis) is 1. The van der Waals surface area contributed by atoms with Crippen molar-refractivity contribution in [2.24, 2.45) is 0 Å². The van der Waals surface area contributed by atoms with Crippen molar-refractivity contribution in [3.63, 3.8) is 0 Å². The molecule has 0 radical (unpaired) electrons. The Morgan fingerprint density at radius 2 is 1.80 bits per heavy atom. The number of carboxylic acid groups (broad SMARTS) is 1. The topological polar surface area (TPSA) is 109 Å². The third-order valence-corrected chi connectivity index (χ3v) is 7.69. The summed E-state index contributed by atoms with van der Waals surface area (Å²) in [5, 5.41) is 14.4. The molecule has 8 nitrogen and oxygen atoms in total. The number of aromatic nitrogens is 1. The van der Waals surface area contributed by atoms with Crippen LogP contribution in [0.15, 0.2) is 53.9 Å². The molecule has 0 spiro atoms. The summed E-state index contributed by atoms with van der Waals surface area (Å²) < 4.78 is 5.54. The Hall–Kier alpha value is -3.72. The number of carboxylic acids is 1. The predicted octanol–water partition coefficient (Wildman–Crippen LogP) is 4.26. The summed E-state index contributed by atoms with van der Waals surface area (Å²) in [5.41, 5.74) is 3.57. The van der Waals surface area contributed by atoms with E-state index >= 15 is 0 Å². The van der Waals surface area contributed by atoms with Crippen LogP contribution in [0.25, 0.3) is 11.1 Å². The van der Waals surface area contributed by atoms with Crippen molar-refractivity contribution in [1.82, 2.24) is 15.2 Å². The van der Waals surface area contributed by atoms with Crippen molar-refractivity contribution in [3.8, 4) is 11.1 Å². The molecule has 2 N–H and O–H groups in total. The molecule has 5 rings (SSSR count). The number of aliphatic carboxylic acids is 1. The average molecular weight is 492 g/mol. The van der Waals surface area contributed by atoms with Crippen LogP contribution in [-0.4, -0.2) is 51.7 Å². The van der Waals surface area contributed by atoms with Gasteiger partial charge >= 0.3 is 12.1 Å². The molecule has 1 aromatic heterocycles. The number of benzene rings is 2. The first-order chi connectivity index (χ1) is 16.9. The van der Waals surface area contributed by atoms with Gasteiger partial charge in [-0.2, -0.15) is 0 Å². The van der Waals surface area contributed by atoms with Crippen LogP contribution in [-0.2, 0) is 16.1 Å². The number of nitrogens with one attached hydrogen (secondary N) is 1. The molecule has 1 aliphatic heterocycles. The zero-order valence-corrected chi connectivity index (χ0v) is 20.0. The normalized spacial score (nSPS) is 18.7. The third-order valence-electron chi connectivity index (χ3n) is 6.85. The summed E-state index contributed by atoms with van der Waals surface area (Å²) in [6.45, 7) is 2.27. The van der Waals surface area contributed by atoms with Crippen molar-refractivity contribution < 1.29 is 24.2 Å². The van der Waals surface area contributed by atoms with Crippen LogP contribution in [0.3, 0.4) is 0 Å². The predicted molar refractivity (Wildman–Crippen MR) is 130 cm³/mol. The van der Waals surface area contributed by atoms with Crippen LogP contribution in [0.4, 0.5) is 4.79 Å². The summed E-state index contributed by atoms with van der Waals surface area (Å²) >= 11 is 1.24. The van der Waals surface area contributed by atoms with Crippen molar-refractivity contribution >= 4 is 29.3 Å². The molecule has 2 aliphatic rings. The molecular weight excluding hydrogens is 466 g/mol. The first kappa shape index (κ1) is 23.0. The molecule has 0 unspecified atom stereocenters. The molecule has 1 aliphatic carbocycles. The molecule has 2 amide bonds. The van der Waals surface area contributed by atoms with Gasteiger partial charge in [0.05, 0.1) is 6.54 Å². The van der Waals surface area contributed by atoms with Crippen LogP contribution in [0.5, 0.6) is 0 Å². The minimum atomic E-state index is -1.22. The Labute approximate surface area is 206 Å². The molecule has 180 valence electrons. The van der Waals surface area contributed by atoms with Gasteiger partial charge in [-0.25, -0.2) is 14.6 Å². The lowest BCUT2D eigenvalue weighted by Gasteiger charge is -2.30. The largest absolute Gasteiger partial charge is 0.480 e. The molecule has 2 aromatic carbocycles. The number of likely N-dealkylation sites (tertiary alicyclic amines) is 1. The number of hydrogen-bond donors (Lipinski definition) is 2. The number of amides is 2. The molecular formula is C26H25N3O5S. The van der Waals surface area contributed by atoms with E-state index < -0.39 is 23.5 Å². The van der Waals surface area contributed by atoms with Gasteiger partial charge in [0.1, 0.15) is 22.8 Å². The lowest BCUT2D eigenvalue weighted by atomic mass is 9.98. The van der Waals surface area contributed by atoms with E-state index in [0.717, 1.165) is 22.3 Å². The van der Waals surface area contributed by atoms with Crippen molar-refractivity contribution in [2.45, 2.75) is 37.8 Å². The first-order valence-electron chi connectivity index (χ1n) is 11.5. The van der Waals surface area contributed by atoms with Gasteiger partial charge in [-0.3, -0.25) is 4.79 Å². The fourth-order valence-corrected chi connectivity index (χ4v) is 5.64. The van der Waals surface area contributed by atoms with E-state index in [4.69, 9.17) is 4.74 Å². The molecule has 1 fully saturated rings. The minimum Gasteiger partial charge on any atom is -0.480 e. The van der Waals surface area contributed by atoms with Crippen LogP contribution in [0.2, 0.25) is 0 Å². The van der Waals surface area contributed by atoms with Gasteiger partial charge in [-0.05, 0) is 42.0 Å². The number of rotatable bonds is 6. The quantitative estimate of drug-likeness (QED) is 0.533. The average Bonchev–Trinajstić information content (AvgIpc) is 3.57. The van der Waals surface area contributed by atoms with Crippen LogP contribution in [0.1, 0.15) is 52.3 Å². The molecule has 0 saturated carbocycles. The number of carbonyl (C=O) groups is 3. The number of thiazole rings is 1. The second kappa shape index (κ2) is 9.14. The van der Waals surface area contributed by atoms with Gasteiger partial charge in [-0.15, -0.1) is 11.3 Å². The maximum absolute atomic E-state index is 12.9. The standard InChI is InChI=1S/C26H25N3O5S/c1-26(24(31)32)11-6-12-29(26)23(30)21-15-35-22(28-21)13-27-25(33)34-14-20-18-9-4-2-7-16(18)17-8-3-5-10-19(17)20/h2-5,7-10,15,20H,6,11-14H2,1H3,(H,27,33)(H,31,32)/t26-/m1/s1. The van der Waals surface area contributed by atoms with E-state index in [1.165, 1.54) is 16.2 Å². The molecule has 1 atom stereocenters. The van der Waals surface area contributed by atoms with Gasteiger partial charge in [-0.1, -0.05) is 48.5 Å². The van der Waals surface area contributed by atoms with E-state index in [0.29, 0.717) is 24.4 Å². The Morgan fingerprint density at radius 1 is 1.14 bits per heavy atom. The number of ether oxygens (including phenoxy) is 1. The summed E-state index contributed by atoms with van der Waals surface area (Å²) in [6.07, 6.45) is 0.483. The maximum atomic E-state index is 12.9. The van der Waals surface area contributed by atoms with E-state index in [9.17, 15) is 19.5 Å². The number of fused-ring (bicyclic) bond motifs is 3. The molecule has 35 heavy (non-hydrogen) atoms. The lowest BCUT2D eigenvalue weighted by Crippen LogP contribution is -2.50. The van der Waals surface area contributed by atoms with E-state index in [2.05, 4.69) is 34.6 Å². The van der Waals surface area contributed by atoms with E-state index in [-0.39, 0.29) is 24.8 Å². The van der Waals surface area contributed by atoms with Gasteiger partial charge in [0.15, 0.2) is 0 Å². The van der Waals surface area contributed by atoms with Gasteiger partial charge in [0.25, 0.3) is 5.91 Å². The fraction of sp³-hybridized carbons (Fsp3) is 0.308. The van der Waals surface area contributed by atoms with Crippen LogP contribution >= 0.6 is 11.3 Å². The highest BCUT2D eigenvalue weighted by Gasteiger charge is 2.46. The molecule has 9 heteroatoms. The smallest absolute Gasteiger partial charge is 0.407 e. The minimum absolute atomic E-state index is 0.0266. The lowest BCUT2D eigenvalue weighted by molar-refractivity contribution is -0.147. The van der Waals surface area contributed by atoms with Crippen molar-refractivity contribution in [1.29, 1.82) is 0 Å². The fourth-order valence-electron chi connectivity index (χ4n) is 4.94. The summed E-state index contributed by atoms with van der Waals surface area (Å²) in [4.78, 5) is 42.6. The van der Waals surface area contributed by atoms with Gasteiger partial charge < -0.3 is 20.1 Å². The molecule has 3 aromatic rings. The third kappa shape index (κ3) is 4.16. The maximum Gasteiger partial charge on any atom is 0.407 e. The zero-order valence-electron chi connectivity index (χ0n) is 19.2. The second-order valence-electron chi connectivity index (χ2n) is 8.94. The Bertz CT molecular complexity index is 1260. The SMILES string of the molecule is C[C@]1(C(=O)O)CCCN1C(=O)c1csc(CNC(=O)OCC2c3ccccc3-c3ccccc32)n1. The van der Waals surface area contributed by atoms with Gasteiger partial charge in [0, 0.05) is 17.8 Å². The number of carbonyl (C=O) groups excluding carboxylic acids is 2. The molecule has 0 bridgehead atoms.